The predicted molar refractivity (Wildman–Crippen MR) is 61.1 cm³/mol. The highest BCUT2D eigenvalue weighted by molar-refractivity contribution is 5.98. The van der Waals surface area contributed by atoms with Crippen LogP contribution in [0.3, 0.4) is 0 Å². The number of carbonyl (C=O) groups excluding carboxylic acids is 1. The molecule has 1 heterocycles. The van der Waals surface area contributed by atoms with Gasteiger partial charge in [-0.15, -0.1) is 0 Å². The van der Waals surface area contributed by atoms with Crippen LogP contribution >= 0.6 is 0 Å². The third-order valence-electron chi connectivity index (χ3n) is 2.26. The number of ketones is 1. The second-order valence-corrected chi connectivity index (χ2v) is 3.66. The lowest BCUT2D eigenvalue weighted by Gasteiger charge is -1.99. The van der Waals surface area contributed by atoms with Crippen LogP contribution in [0.5, 0.6) is 0 Å². The Morgan fingerprint density at radius 1 is 1.44 bits per heavy atom. The Kier molecular flexibility index (Phi) is 2.48. The molecule has 2 N–H and O–H groups in total. The van der Waals surface area contributed by atoms with Gasteiger partial charge < -0.3 is 10.2 Å². The second kappa shape index (κ2) is 3.81. The number of nitrogens with zero attached hydrogens (tertiary/aromatic N) is 1. The number of nitrogens with two attached hydrogens (primary N) is 1. The van der Waals surface area contributed by atoms with Crippen molar-refractivity contribution in [2.45, 2.75) is 13.8 Å². The van der Waals surface area contributed by atoms with Gasteiger partial charge in [-0.1, -0.05) is 23.8 Å². The summed E-state index contributed by atoms with van der Waals surface area (Å²) in [5, 5.41) is 0. The fourth-order valence-corrected chi connectivity index (χ4v) is 1.56. The van der Waals surface area contributed by atoms with Crippen molar-refractivity contribution in [1.29, 1.82) is 0 Å². The van der Waals surface area contributed by atoms with Crippen molar-refractivity contribution < 1.29 is 9.21 Å². The summed E-state index contributed by atoms with van der Waals surface area (Å²) in [4.78, 5) is 15.2. The third kappa shape index (κ3) is 1.82. The van der Waals surface area contributed by atoms with E-state index < -0.39 is 0 Å². The number of oxazole rings is 1. The zero-order chi connectivity index (χ0) is 11.7. The zero-order valence-corrected chi connectivity index (χ0v) is 9.15. The summed E-state index contributed by atoms with van der Waals surface area (Å²) >= 11 is 0. The Bertz CT molecular complexity index is 544. The van der Waals surface area contributed by atoms with E-state index in [1.807, 2.05) is 31.2 Å². The number of aryl methyl sites for hydroxylation is 1. The van der Waals surface area contributed by atoms with Gasteiger partial charge in [0.2, 0.25) is 0 Å². The van der Waals surface area contributed by atoms with Gasteiger partial charge in [-0.05, 0) is 13.0 Å². The molecule has 2 aromatic rings. The molecule has 0 unspecified atom stereocenters. The fourth-order valence-electron chi connectivity index (χ4n) is 1.56. The number of carbonyl (C=O) groups is 1. The normalized spacial score (nSPS) is 10.4. The molecule has 4 nitrogen and oxygen atoms in total. The SMILES string of the molecule is CC(=O)c1nc(N)oc1-c1cccc(C)c1. The van der Waals surface area contributed by atoms with Crippen molar-refractivity contribution in [2.75, 3.05) is 5.73 Å². The van der Waals surface area contributed by atoms with Crippen molar-refractivity contribution in [3.05, 3.63) is 35.5 Å². The Balaban J connectivity index is 2.59. The maximum absolute atomic E-state index is 11.4. The maximum Gasteiger partial charge on any atom is 0.293 e. The van der Waals surface area contributed by atoms with Crippen LogP contribution < -0.4 is 5.73 Å². The van der Waals surface area contributed by atoms with Crippen molar-refractivity contribution >= 4 is 11.8 Å². The van der Waals surface area contributed by atoms with E-state index in [2.05, 4.69) is 4.98 Å². The molecular weight excluding hydrogens is 204 g/mol. The van der Waals surface area contributed by atoms with Gasteiger partial charge in [0.25, 0.3) is 6.01 Å². The molecule has 4 heteroatoms. The molecular formula is C12H12N2O2. The first-order chi connectivity index (χ1) is 7.58. The third-order valence-corrected chi connectivity index (χ3v) is 2.26. The monoisotopic (exact) mass is 216 g/mol. The number of aromatic nitrogens is 1. The first-order valence-electron chi connectivity index (χ1n) is 4.92. The lowest BCUT2D eigenvalue weighted by molar-refractivity contribution is 0.101. The molecule has 0 fully saturated rings. The quantitative estimate of drug-likeness (QED) is 0.783. The molecule has 1 aromatic heterocycles. The summed E-state index contributed by atoms with van der Waals surface area (Å²) < 4.78 is 5.26. The van der Waals surface area contributed by atoms with E-state index in [4.69, 9.17) is 10.2 Å². The largest absolute Gasteiger partial charge is 0.423 e. The first kappa shape index (κ1) is 10.4. The molecule has 0 aliphatic carbocycles. The van der Waals surface area contributed by atoms with Crippen LogP contribution in [0.25, 0.3) is 11.3 Å². The van der Waals surface area contributed by atoms with Gasteiger partial charge >= 0.3 is 0 Å². The van der Waals surface area contributed by atoms with Crippen molar-refractivity contribution in [3.8, 4) is 11.3 Å². The van der Waals surface area contributed by atoms with Gasteiger partial charge in [-0.2, -0.15) is 4.98 Å². The summed E-state index contributed by atoms with van der Waals surface area (Å²) in [6, 6.07) is 7.66. The first-order valence-corrected chi connectivity index (χ1v) is 4.92. The van der Waals surface area contributed by atoms with Crippen LogP contribution in [0.2, 0.25) is 0 Å². The summed E-state index contributed by atoms with van der Waals surface area (Å²) in [7, 11) is 0. The Hall–Kier alpha value is -2.10. The minimum Gasteiger partial charge on any atom is -0.423 e. The summed E-state index contributed by atoms with van der Waals surface area (Å²) in [5.41, 5.74) is 7.64. The van der Waals surface area contributed by atoms with Gasteiger partial charge in [-0.3, -0.25) is 4.79 Å². The van der Waals surface area contributed by atoms with Crippen LogP contribution in [0.15, 0.2) is 28.7 Å². The lowest BCUT2D eigenvalue weighted by atomic mass is 10.1. The van der Waals surface area contributed by atoms with Crippen LogP contribution in [0, 0.1) is 6.92 Å². The van der Waals surface area contributed by atoms with Crippen LogP contribution in [0.1, 0.15) is 23.0 Å². The molecule has 2 rings (SSSR count). The van der Waals surface area contributed by atoms with Gasteiger partial charge in [0.15, 0.2) is 17.2 Å². The Morgan fingerprint density at radius 2 is 2.19 bits per heavy atom. The maximum atomic E-state index is 11.4. The molecule has 0 atom stereocenters. The predicted octanol–water partition coefficient (Wildman–Crippen LogP) is 2.43. The van der Waals surface area contributed by atoms with E-state index in [0.717, 1.165) is 11.1 Å². The van der Waals surface area contributed by atoms with E-state index in [0.29, 0.717) is 5.76 Å². The molecule has 0 amide bonds. The van der Waals surface area contributed by atoms with Crippen molar-refractivity contribution in [1.82, 2.24) is 4.98 Å². The van der Waals surface area contributed by atoms with E-state index >= 15 is 0 Å². The van der Waals surface area contributed by atoms with Gasteiger partial charge in [0.05, 0.1) is 0 Å². The van der Waals surface area contributed by atoms with E-state index in [9.17, 15) is 4.79 Å². The summed E-state index contributed by atoms with van der Waals surface area (Å²) in [6.45, 7) is 3.41. The molecule has 0 aliphatic rings. The van der Waals surface area contributed by atoms with E-state index in [1.54, 1.807) is 0 Å². The average molecular weight is 216 g/mol. The Labute approximate surface area is 93.1 Å². The number of hydrogen-bond donors (Lipinski definition) is 1. The number of hydrogen-bond acceptors (Lipinski definition) is 4. The zero-order valence-electron chi connectivity index (χ0n) is 9.15. The number of nitrogen functional groups attached to an aromatic ring is 1. The second-order valence-electron chi connectivity index (χ2n) is 3.66. The van der Waals surface area contributed by atoms with E-state index in [1.165, 1.54) is 6.92 Å². The van der Waals surface area contributed by atoms with Crippen LogP contribution in [-0.2, 0) is 0 Å². The number of benzene rings is 1. The molecule has 1 aromatic carbocycles. The average Bonchev–Trinajstić information content (AvgIpc) is 2.60. The topological polar surface area (TPSA) is 69.1 Å². The molecule has 82 valence electrons. The molecule has 0 saturated heterocycles. The standard InChI is InChI=1S/C12H12N2O2/c1-7-4-3-5-9(6-7)11-10(8(2)15)14-12(13)16-11/h3-6H,1-2H3,(H2,13,14). The number of Topliss-reactive ketones (excluding diaryl/α,β-unsaturated/α-hetero) is 1. The minimum absolute atomic E-state index is 0.0155. The minimum atomic E-state index is -0.156. The van der Waals surface area contributed by atoms with Crippen molar-refractivity contribution in [3.63, 3.8) is 0 Å². The number of anilines is 1. The highest BCUT2D eigenvalue weighted by Gasteiger charge is 2.17. The molecule has 16 heavy (non-hydrogen) atoms. The molecule has 0 radical (unpaired) electrons. The van der Waals surface area contributed by atoms with Crippen LogP contribution in [-0.4, -0.2) is 10.8 Å². The fraction of sp³-hybridized carbons (Fsp3) is 0.167. The smallest absolute Gasteiger partial charge is 0.293 e. The molecule has 0 saturated carbocycles. The Morgan fingerprint density at radius 3 is 2.81 bits per heavy atom. The lowest BCUT2D eigenvalue weighted by Crippen LogP contribution is -1.95. The van der Waals surface area contributed by atoms with E-state index in [-0.39, 0.29) is 17.5 Å². The van der Waals surface area contributed by atoms with Gasteiger partial charge in [-0.25, -0.2) is 0 Å². The van der Waals surface area contributed by atoms with Crippen molar-refractivity contribution in [2.24, 2.45) is 0 Å². The highest BCUT2D eigenvalue weighted by Crippen LogP contribution is 2.26. The summed E-state index contributed by atoms with van der Waals surface area (Å²) in [5.74, 6) is 0.283. The van der Waals surface area contributed by atoms with Gasteiger partial charge in [0.1, 0.15) is 0 Å². The van der Waals surface area contributed by atoms with Crippen LogP contribution in [0.4, 0.5) is 6.01 Å². The molecule has 0 aliphatic heterocycles. The molecule has 0 spiro atoms. The number of rotatable bonds is 2. The summed E-state index contributed by atoms with van der Waals surface area (Å²) in [6.07, 6.45) is 0. The molecule has 0 bridgehead atoms. The highest BCUT2D eigenvalue weighted by atomic mass is 16.4. The van der Waals surface area contributed by atoms with Gasteiger partial charge in [0, 0.05) is 12.5 Å².